The summed E-state index contributed by atoms with van der Waals surface area (Å²) in [4.78, 5) is 23.0. The van der Waals surface area contributed by atoms with Gasteiger partial charge in [-0.15, -0.1) is 0 Å². The van der Waals surface area contributed by atoms with Gasteiger partial charge in [0.2, 0.25) is 0 Å². The van der Waals surface area contributed by atoms with Gasteiger partial charge >= 0.3 is 11.9 Å². The Morgan fingerprint density at radius 3 is 1.61 bits per heavy atom. The molecule has 0 aliphatic carbocycles. The van der Waals surface area contributed by atoms with Gasteiger partial charge in [0.1, 0.15) is 0 Å². The highest BCUT2D eigenvalue weighted by Crippen LogP contribution is 2.22. The first-order valence-corrected chi connectivity index (χ1v) is 10.4. The number of allylic oxidation sites excluding steroid dienone is 1. The van der Waals surface area contributed by atoms with Gasteiger partial charge in [0, 0.05) is 0 Å². The van der Waals surface area contributed by atoms with Crippen LogP contribution in [0.3, 0.4) is 0 Å². The third kappa shape index (κ3) is 6.41. The molecule has 0 unspecified atom stereocenters. The SMILES string of the molecule is O=C(O)c1ccccc1CCC(/C=C/c1ccccc1)CCc1ccccc1C(=O)O. The Morgan fingerprint density at radius 1 is 0.677 bits per heavy atom. The average Bonchev–Trinajstić information content (AvgIpc) is 2.79. The van der Waals surface area contributed by atoms with Crippen LogP contribution in [0, 0.1) is 5.92 Å². The molecule has 3 rings (SSSR count). The van der Waals surface area contributed by atoms with Crippen LogP contribution >= 0.6 is 0 Å². The van der Waals surface area contributed by atoms with Crippen molar-refractivity contribution in [2.24, 2.45) is 5.92 Å². The van der Waals surface area contributed by atoms with Gasteiger partial charge in [0.15, 0.2) is 0 Å². The zero-order valence-electron chi connectivity index (χ0n) is 17.3. The first kappa shape index (κ1) is 22.0. The van der Waals surface area contributed by atoms with Crippen LogP contribution in [-0.4, -0.2) is 22.2 Å². The van der Waals surface area contributed by atoms with Crippen LogP contribution in [-0.2, 0) is 12.8 Å². The zero-order valence-corrected chi connectivity index (χ0v) is 17.3. The fourth-order valence-electron chi connectivity index (χ4n) is 3.72. The largest absolute Gasteiger partial charge is 0.478 e. The van der Waals surface area contributed by atoms with Crippen LogP contribution in [0.1, 0.15) is 50.2 Å². The molecule has 2 N–H and O–H groups in total. The first-order valence-electron chi connectivity index (χ1n) is 10.4. The van der Waals surface area contributed by atoms with Crippen LogP contribution in [0.25, 0.3) is 6.08 Å². The minimum absolute atomic E-state index is 0.184. The van der Waals surface area contributed by atoms with Crippen molar-refractivity contribution in [3.63, 3.8) is 0 Å². The third-order valence-corrected chi connectivity index (χ3v) is 5.42. The molecule has 3 aromatic rings. The molecule has 0 bridgehead atoms. The minimum atomic E-state index is -0.914. The van der Waals surface area contributed by atoms with E-state index in [9.17, 15) is 19.8 Å². The fraction of sp³-hybridized carbons (Fsp3) is 0.185. The van der Waals surface area contributed by atoms with E-state index in [1.165, 1.54) is 0 Å². The second-order valence-electron chi connectivity index (χ2n) is 7.53. The van der Waals surface area contributed by atoms with Crippen LogP contribution in [0.4, 0.5) is 0 Å². The number of hydrogen-bond donors (Lipinski definition) is 2. The summed E-state index contributed by atoms with van der Waals surface area (Å²) in [6, 6.07) is 24.2. The molecule has 0 aromatic heterocycles. The first-order chi connectivity index (χ1) is 15.0. The van der Waals surface area contributed by atoms with E-state index in [-0.39, 0.29) is 5.92 Å². The van der Waals surface area contributed by atoms with Gasteiger partial charge in [-0.2, -0.15) is 0 Å². The molecule has 0 atom stereocenters. The Labute approximate surface area is 182 Å². The molecule has 0 saturated carbocycles. The van der Waals surface area contributed by atoms with Gasteiger partial charge in [-0.05, 0) is 60.4 Å². The standard InChI is InChI=1S/C27H26O4/c28-26(29)24-12-6-4-10-22(24)18-16-21(15-14-20-8-2-1-3-9-20)17-19-23-11-5-7-13-25(23)27(30)31/h1-15,21H,16-19H2,(H,28,29)(H,30,31)/b15-14+. The molecule has 0 saturated heterocycles. The van der Waals surface area contributed by atoms with Crippen molar-refractivity contribution in [3.8, 4) is 0 Å². The Balaban J connectivity index is 1.76. The lowest BCUT2D eigenvalue weighted by atomic mass is 9.90. The van der Waals surface area contributed by atoms with Crippen LogP contribution < -0.4 is 0 Å². The lowest BCUT2D eigenvalue weighted by Gasteiger charge is -2.15. The summed E-state index contributed by atoms with van der Waals surface area (Å²) >= 11 is 0. The van der Waals surface area contributed by atoms with E-state index in [2.05, 4.69) is 12.2 Å². The van der Waals surface area contributed by atoms with Crippen molar-refractivity contribution in [1.82, 2.24) is 0 Å². The van der Waals surface area contributed by atoms with Gasteiger partial charge in [0.25, 0.3) is 0 Å². The van der Waals surface area contributed by atoms with Gasteiger partial charge < -0.3 is 10.2 Å². The lowest BCUT2D eigenvalue weighted by molar-refractivity contribution is 0.0685. The summed E-state index contributed by atoms with van der Waals surface area (Å²) in [5, 5.41) is 18.9. The second-order valence-corrected chi connectivity index (χ2v) is 7.53. The maximum absolute atomic E-state index is 11.5. The van der Waals surface area contributed by atoms with E-state index in [1.807, 2.05) is 54.6 Å². The maximum atomic E-state index is 11.5. The quantitative estimate of drug-likeness (QED) is 0.428. The van der Waals surface area contributed by atoms with Gasteiger partial charge in [0.05, 0.1) is 11.1 Å². The molecule has 4 heteroatoms. The molecular weight excluding hydrogens is 388 g/mol. The van der Waals surface area contributed by atoms with Gasteiger partial charge in [-0.3, -0.25) is 0 Å². The molecule has 31 heavy (non-hydrogen) atoms. The Morgan fingerprint density at radius 2 is 1.13 bits per heavy atom. The summed E-state index contributed by atoms with van der Waals surface area (Å²) in [6.07, 6.45) is 7.09. The molecule has 0 fully saturated rings. The highest BCUT2D eigenvalue weighted by Gasteiger charge is 2.14. The van der Waals surface area contributed by atoms with E-state index < -0.39 is 11.9 Å². The molecule has 0 spiro atoms. The smallest absolute Gasteiger partial charge is 0.335 e. The molecule has 158 valence electrons. The monoisotopic (exact) mass is 414 g/mol. The molecule has 0 aliphatic heterocycles. The zero-order chi connectivity index (χ0) is 22.1. The molecule has 3 aromatic carbocycles. The summed E-state index contributed by atoms with van der Waals surface area (Å²) in [7, 11) is 0. The number of carbonyl (C=O) groups is 2. The fourth-order valence-corrected chi connectivity index (χ4v) is 3.72. The highest BCUT2D eigenvalue weighted by atomic mass is 16.4. The number of carboxylic acid groups (broad SMARTS) is 2. The highest BCUT2D eigenvalue weighted by molar-refractivity contribution is 5.89. The summed E-state index contributed by atoms with van der Waals surface area (Å²) in [5.74, 6) is -1.64. The normalized spacial score (nSPS) is 11.1. The van der Waals surface area contributed by atoms with E-state index in [0.717, 1.165) is 29.5 Å². The van der Waals surface area contributed by atoms with Crippen molar-refractivity contribution in [2.75, 3.05) is 0 Å². The van der Waals surface area contributed by atoms with Crippen LogP contribution in [0.2, 0.25) is 0 Å². The summed E-state index contributed by atoms with van der Waals surface area (Å²) < 4.78 is 0. The van der Waals surface area contributed by atoms with Crippen LogP contribution in [0.5, 0.6) is 0 Å². The molecule has 0 amide bonds. The third-order valence-electron chi connectivity index (χ3n) is 5.42. The lowest BCUT2D eigenvalue weighted by Crippen LogP contribution is -2.07. The summed E-state index contributed by atoms with van der Waals surface area (Å²) in [5.41, 5.74) is 3.41. The average molecular weight is 415 g/mol. The number of aromatic carboxylic acids is 2. The Kier molecular flexibility index (Phi) is 7.77. The minimum Gasteiger partial charge on any atom is -0.478 e. The summed E-state index contributed by atoms with van der Waals surface area (Å²) in [6.45, 7) is 0. The second kappa shape index (κ2) is 10.9. The number of hydrogen-bond acceptors (Lipinski definition) is 2. The van der Waals surface area contributed by atoms with E-state index in [0.29, 0.717) is 24.0 Å². The van der Waals surface area contributed by atoms with Crippen molar-refractivity contribution >= 4 is 18.0 Å². The molecule has 0 aliphatic rings. The van der Waals surface area contributed by atoms with Gasteiger partial charge in [-0.1, -0.05) is 78.9 Å². The topological polar surface area (TPSA) is 74.6 Å². The Bertz CT molecular complexity index is 992. The van der Waals surface area contributed by atoms with Crippen LogP contribution in [0.15, 0.2) is 84.9 Å². The predicted octanol–water partition coefficient (Wildman–Crippen LogP) is 5.98. The van der Waals surface area contributed by atoms with Crippen molar-refractivity contribution in [3.05, 3.63) is 113 Å². The number of aryl methyl sites for hydroxylation is 2. The molecule has 4 nitrogen and oxygen atoms in total. The molecule has 0 radical (unpaired) electrons. The van der Waals surface area contributed by atoms with Crippen molar-refractivity contribution in [2.45, 2.75) is 25.7 Å². The molecule has 0 heterocycles. The number of carboxylic acids is 2. The molecular formula is C27H26O4. The van der Waals surface area contributed by atoms with Crippen molar-refractivity contribution < 1.29 is 19.8 Å². The number of benzene rings is 3. The van der Waals surface area contributed by atoms with E-state index in [1.54, 1.807) is 24.3 Å². The Hall–Kier alpha value is -3.66. The number of rotatable bonds is 10. The maximum Gasteiger partial charge on any atom is 0.335 e. The van der Waals surface area contributed by atoms with E-state index in [4.69, 9.17) is 0 Å². The van der Waals surface area contributed by atoms with Gasteiger partial charge in [-0.25, -0.2) is 9.59 Å². The predicted molar refractivity (Wildman–Crippen MR) is 122 cm³/mol. The van der Waals surface area contributed by atoms with Crippen molar-refractivity contribution in [1.29, 1.82) is 0 Å². The van der Waals surface area contributed by atoms with E-state index >= 15 is 0 Å².